The van der Waals surface area contributed by atoms with Crippen LogP contribution in [0.4, 0.5) is 10.2 Å². The average molecular weight is 351 g/mol. The predicted molar refractivity (Wildman–Crippen MR) is 99.0 cm³/mol. The highest BCUT2D eigenvalue weighted by atomic mass is 32.1. The van der Waals surface area contributed by atoms with Crippen molar-refractivity contribution in [3.63, 3.8) is 0 Å². The second-order valence-electron chi connectivity index (χ2n) is 5.67. The zero-order valence-electron chi connectivity index (χ0n) is 13.6. The summed E-state index contributed by atoms with van der Waals surface area (Å²) in [4.78, 5) is 20.7. The van der Waals surface area contributed by atoms with Crippen molar-refractivity contribution in [2.75, 3.05) is 14.1 Å². The summed E-state index contributed by atoms with van der Waals surface area (Å²) in [5, 5.41) is 0.995. The third-order valence-electron chi connectivity index (χ3n) is 3.75. The molecule has 7 heteroatoms. The molecule has 0 saturated heterocycles. The van der Waals surface area contributed by atoms with Crippen LogP contribution in [0.5, 0.6) is 0 Å². The van der Waals surface area contributed by atoms with E-state index in [1.807, 2.05) is 31.1 Å². The van der Waals surface area contributed by atoms with Gasteiger partial charge in [-0.1, -0.05) is 0 Å². The second kappa shape index (κ2) is 6.18. The second-order valence-corrected chi connectivity index (χ2v) is 6.67. The molecule has 0 aliphatic rings. The molecule has 0 unspecified atom stereocenters. The fourth-order valence-corrected chi connectivity index (χ4v) is 3.63. The molecule has 0 fully saturated rings. The summed E-state index contributed by atoms with van der Waals surface area (Å²) in [5.41, 5.74) is 1.66. The number of amidine groups is 1. The first-order chi connectivity index (χ1) is 12.1. The maximum absolute atomic E-state index is 13.2. The maximum atomic E-state index is 13.2. The first-order valence-corrected chi connectivity index (χ1v) is 8.45. The largest absolute Gasteiger partial charge is 0.362 e. The minimum Gasteiger partial charge on any atom is -0.362 e. The number of thiophene rings is 1. The van der Waals surface area contributed by atoms with Gasteiger partial charge in [0.25, 0.3) is 0 Å². The van der Waals surface area contributed by atoms with Crippen LogP contribution < -0.4 is 0 Å². The normalized spacial score (nSPS) is 12.0. The number of pyridine rings is 1. The van der Waals surface area contributed by atoms with Crippen LogP contribution in [0.25, 0.3) is 20.4 Å². The molecule has 0 aliphatic carbocycles. The summed E-state index contributed by atoms with van der Waals surface area (Å²) in [6.07, 6.45) is 3.27. The van der Waals surface area contributed by atoms with Gasteiger partial charge in [0, 0.05) is 31.2 Å². The fourth-order valence-electron chi connectivity index (χ4n) is 2.60. The number of aliphatic imine (C=N–C) groups is 1. The van der Waals surface area contributed by atoms with Crippen molar-refractivity contribution in [2.45, 2.75) is 0 Å². The highest BCUT2D eigenvalue weighted by Gasteiger charge is 2.13. The Morgan fingerprint density at radius 1 is 1.08 bits per heavy atom. The zero-order valence-corrected chi connectivity index (χ0v) is 14.5. The number of hydrogen-bond acceptors (Lipinski definition) is 5. The smallest absolute Gasteiger partial charge is 0.175 e. The Bertz CT molecular complexity index is 1090. The Kier molecular flexibility index (Phi) is 3.85. The number of rotatable bonds is 2. The number of hydrogen-bond donors (Lipinski definition) is 0. The summed E-state index contributed by atoms with van der Waals surface area (Å²) < 4.78 is 14.1. The van der Waals surface area contributed by atoms with Gasteiger partial charge in [-0.25, -0.2) is 24.3 Å². The van der Waals surface area contributed by atoms with Gasteiger partial charge in [-0.3, -0.25) is 0 Å². The first kappa shape index (κ1) is 15.6. The molecule has 4 aromatic rings. The highest BCUT2D eigenvalue weighted by molar-refractivity contribution is 7.25. The molecule has 25 heavy (non-hydrogen) atoms. The Balaban J connectivity index is 1.92. The lowest BCUT2D eigenvalue weighted by Gasteiger charge is -2.16. The summed E-state index contributed by atoms with van der Waals surface area (Å²) >= 11 is 1.52. The molecule has 0 amide bonds. The number of fused-ring (bicyclic) bond motifs is 3. The van der Waals surface area contributed by atoms with Gasteiger partial charge < -0.3 is 4.90 Å². The lowest BCUT2D eigenvalue weighted by atomic mass is 10.2. The Hall–Kier alpha value is -2.93. The Labute approximate surface area is 147 Å². The molecule has 4 rings (SSSR count). The summed E-state index contributed by atoms with van der Waals surface area (Å²) in [6.45, 7) is 0. The fraction of sp³-hybridized carbons (Fsp3) is 0.111. The van der Waals surface area contributed by atoms with E-state index in [1.54, 1.807) is 18.3 Å². The van der Waals surface area contributed by atoms with Gasteiger partial charge in [0.05, 0.1) is 5.52 Å². The maximum Gasteiger partial charge on any atom is 0.175 e. The molecule has 0 spiro atoms. The van der Waals surface area contributed by atoms with Crippen LogP contribution in [0, 0.1) is 5.82 Å². The molecule has 0 bridgehead atoms. The van der Waals surface area contributed by atoms with Gasteiger partial charge in [-0.15, -0.1) is 11.3 Å². The minimum absolute atomic E-state index is 0.276. The quantitative estimate of drug-likeness (QED) is 0.404. The first-order valence-electron chi connectivity index (χ1n) is 7.63. The molecule has 0 radical (unpaired) electrons. The van der Waals surface area contributed by atoms with Crippen molar-refractivity contribution < 1.29 is 4.39 Å². The van der Waals surface area contributed by atoms with Gasteiger partial charge in [0.15, 0.2) is 5.82 Å². The van der Waals surface area contributed by atoms with E-state index in [9.17, 15) is 4.39 Å². The van der Waals surface area contributed by atoms with Gasteiger partial charge >= 0.3 is 0 Å². The molecule has 3 heterocycles. The SMILES string of the molecule is CN(C)C(=Nc1ncnc2c1sc1ncccc12)c1ccc(F)cc1. The van der Waals surface area contributed by atoms with Gasteiger partial charge in [0.1, 0.15) is 27.5 Å². The van der Waals surface area contributed by atoms with E-state index in [1.165, 1.54) is 29.8 Å². The number of halogens is 1. The van der Waals surface area contributed by atoms with Crippen molar-refractivity contribution in [3.8, 4) is 0 Å². The van der Waals surface area contributed by atoms with Crippen LogP contribution in [-0.2, 0) is 0 Å². The average Bonchev–Trinajstić information content (AvgIpc) is 3.00. The minimum atomic E-state index is -0.276. The lowest BCUT2D eigenvalue weighted by Crippen LogP contribution is -2.22. The number of aromatic nitrogens is 3. The standard InChI is InChI=1S/C18H14FN5S/c1-24(2)17(11-5-7-12(19)8-6-11)23-16-15-14(21-10-22-16)13-4-3-9-20-18(13)25-15/h3-10H,1-2H3. The van der Waals surface area contributed by atoms with Crippen LogP contribution >= 0.6 is 11.3 Å². The summed E-state index contributed by atoms with van der Waals surface area (Å²) in [7, 11) is 3.79. The van der Waals surface area contributed by atoms with Gasteiger partial charge in [-0.05, 0) is 36.4 Å². The monoisotopic (exact) mass is 351 g/mol. The molecule has 5 nitrogen and oxygen atoms in total. The third kappa shape index (κ3) is 2.83. The van der Waals surface area contributed by atoms with E-state index < -0.39 is 0 Å². The van der Waals surface area contributed by atoms with E-state index in [-0.39, 0.29) is 5.82 Å². The Morgan fingerprint density at radius 3 is 2.64 bits per heavy atom. The molecule has 3 aromatic heterocycles. The zero-order chi connectivity index (χ0) is 17.4. The third-order valence-corrected chi connectivity index (χ3v) is 4.85. The Morgan fingerprint density at radius 2 is 1.88 bits per heavy atom. The predicted octanol–water partition coefficient (Wildman–Crippen LogP) is 4.02. The van der Waals surface area contributed by atoms with Crippen LogP contribution in [0.1, 0.15) is 5.56 Å². The van der Waals surface area contributed by atoms with E-state index in [0.717, 1.165) is 26.0 Å². The topological polar surface area (TPSA) is 54.3 Å². The van der Waals surface area contributed by atoms with Crippen molar-refractivity contribution in [1.82, 2.24) is 19.9 Å². The summed E-state index contributed by atoms with van der Waals surface area (Å²) in [6, 6.07) is 10.1. The van der Waals surface area contributed by atoms with Crippen LogP contribution in [0.3, 0.4) is 0 Å². The lowest BCUT2D eigenvalue weighted by molar-refractivity contribution is 0.619. The van der Waals surface area contributed by atoms with Crippen molar-refractivity contribution in [2.24, 2.45) is 4.99 Å². The summed E-state index contributed by atoms with van der Waals surface area (Å²) in [5.74, 6) is 1.01. The van der Waals surface area contributed by atoms with Gasteiger partial charge in [-0.2, -0.15) is 0 Å². The van der Waals surface area contributed by atoms with E-state index in [0.29, 0.717) is 11.7 Å². The number of benzene rings is 1. The van der Waals surface area contributed by atoms with Crippen molar-refractivity contribution >= 4 is 43.4 Å². The van der Waals surface area contributed by atoms with Crippen molar-refractivity contribution in [1.29, 1.82) is 0 Å². The van der Waals surface area contributed by atoms with Crippen LogP contribution in [0.15, 0.2) is 53.9 Å². The molecule has 0 atom stereocenters. The van der Waals surface area contributed by atoms with E-state index in [2.05, 4.69) is 15.0 Å². The molecular formula is C18H14FN5S. The molecule has 1 aromatic carbocycles. The molecular weight excluding hydrogens is 337 g/mol. The molecule has 124 valence electrons. The van der Waals surface area contributed by atoms with Crippen LogP contribution in [-0.4, -0.2) is 39.8 Å². The number of nitrogens with zero attached hydrogens (tertiary/aromatic N) is 5. The molecule has 0 saturated carbocycles. The van der Waals surface area contributed by atoms with E-state index >= 15 is 0 Å². The van der Waals surface area contributed by atoms with E-state index in [4.69, 9.17) is 4.99 Å². The molecule has 0 N–H and O–H groups in total. The molecule has 0 aliphatic heterocycles. The highest BCUT2D eigenvalue weighted by Crippen LogP contribution is 2.35. The van der Waals surface area contributed by atoms with Gasteiger partial charge in [0.2, 0.25) is 0 Å². The van der Waals surface area contributed by atoms with Crippen LogP contribution in [0.2, 0.25) is 0 Å². The van der Waals surface area contributed by atoms with Crippen molar-refractivity contribution in [3.05, 3.63) is 60.3 Å².